The molecular formula is C25H29N5O. The Labute approximate surface area is 183 Å². The molecule has 6 heteroatoms. The van der Waals surface area contributed by atoms with Crippen molar-refractivity contribution in [3.05, 3.63) is 65.7 Å². The number of pyridine rings is 1. The molecule has 3 aromatic rings. The van der Waals surface area contributed by atoms with Crippen LogP contribution in [-0.4, -0.2) is 39.8 Å². The van der Waals surface area contributed by atoms with Crippen LogP contribution in [0.5, 0.6) is 0 Å². The third-order valence-electron chi connectivity index (χ3n) is 6.33. The third-order valence-corrected chi connectivity index (χ3v) is 6.33. The first-order chi connectivity index (χ1) is 15.2. The number of rotatable bonds is 6. The van der Waals surface area contributed by atoms with Gasteiger partial charge in [-0.15, -0.1) is 0 Å². The van der Waals surface area contributed by atoms with Gasteiger partial charge in [0.15, 0.2) is 0 Å². The highest BCUT2D eigenvalue weighted by molar-refractivity contribution is 5.96. The molecule has 2 aliphatic rings. The second-order valence-electron chi connectivity index (χ2n) is 8.90. The van der Waals surface area contributed by atoms with Crippen LogP contribution in [0.25, 0.3) is 16.8 Å². The molecule has 0 unspecified atom stereocenters. The van der Waals surface area contributed by atoms with E-state index in [-0.39, 0.29) is 5.91 Å². The maximum absolute atomic E-state index is 12.5. The minimum absolute atomic E-state index is 0.00551. The number of aryl methyl sites for hydroxylation is 1. The molecule has 5 rings (SSSR count). The van der Waals surface area contributed by atoms with Gasteiger partial charge in [0, 0.05) is 29.6 Å². The van der Waals surface area contributed by atoms with E-state index in [4.69, 9.17) is 0 Å². The van der Waals surface area contributed by atoms with Crippen LogP contribution in [0.3, 0.4) is 0 Å². The summed E-state index contributed by atoms with van der Waals surface area (Å²) >= 11 is 0. The number of carbonyl (C=O) groups is 1. The predicted molar refractivity (Wildman–Crippen MR) is 121 cm³/mol. The molecule has 1 amide bonds. The first kappa shape index (κ1) is 19.9. The van der Waals surface area contributed by atoms with Gasteiger partial charge in [-0.25, -0.2) is 4.68 Å². The Balaban J connectivity index is 1.36. The molecule has 3 heterocycles. The fourth-order valence-corrected chi connectivity index (χ4v) is 4.30. The predicted octanol–water partition coefficient (Wildman–Crippen LogP) is 3.68. The highest BCUT2D eigenvalue weighted by Crippen LogP contribution is 2.27. The molecule has 2 fully saturated rings. The lowest BCUT2D eigenvalue weighted by atomic mass is 9.91. The zero-order valence-corrected chi connectivity index (χ0v) is 18.0. The third kappa shape index (κ3) is 4.69. The molecular weight excluding hydrogens is 386 g/mol. The number of carbonyl (C=O) groups excluding carboxylic acids is 1. The van der Waals surface area contributed by atoms with Crippen molar-refractivity contribution >= 4 is 5.91 Å². The van der Waals surface area contributed by atoms with Gasteiger partial charge in [0.25, 0.3) is 5.91 Å². The normalized spacial score (nSPS) is 16.9. The minimum atomic E-state index is 0.00551. The largest absolute Gasteiger partial charge is 0.349 e. The number of piperidine rings is 1. The van der Waals surface area contributed by atoms with Crippen molar-refractivity contribution in [1.82, 2.24) is 25.4 Å². The van der Waals surface area contributed by atoms with Crippen molar-refractivity contribution < 1.29 is 4.79 Å². The molecule has 31 heavy (non-hydrogen) atoms. The van der Waals surface area contributed by atoms with Crippen molar-refractivity contribution in [1.29, 1.82) is 0 Å². The Morgan fingerprint density at radius 2 is 1.97 bits per heavy atom. The smallest absolute Gasteiger partial charge is 0.251 e. The van der Waals surface area contributed by atoms with Crippen LogP contribution in [-0.2, 0) is 6.42 Å². The quantitative estimate of drug-likeness (QED) is 0.644. The van der Waals surface area contributed by atoms with E-state index in [0.29, 0.717) is 11.6 Å². The molecule has 2 N–H and O–H groups in total. The number of aromatic nitrogens is 3. The summed E-state index contributed by atoms with van der Waals surface area (Å²) in [6, 6.07) is 8.42. The van der Waals surface area contributed by atoms with Gasteiger partial charge in [0.2, 0.25) is 0 Å². The summed E-state index contributed by atoms with van der Waals surface area (Å²) in [5, 5.41) is 11.1. The van der Waals surface area contributed by atoms with Gasteiger partial charge in [-0.3, -0.25) is 9.78 Å². The summed E-state index contributed by atoms with van der Waals surface area (Å²) in [4.78, 5) is 16.9. The SMILES string of the molecule is Cc1ccc(C(=O)NC2CC2)cc1-c1cnn(-c2cncc(CC3CCNCC3)c2)c1. The fraction of sp³-hybridized carbons (Fsp3) is 0.400. The van der Waals surface area contributed by atoms with Crippen molar-refractivity contribution in [2.75, 3.05) is 13.1 Å². The molecule has 6 nitrogen and oxygen atoms in total. The van der Waals surface area contributed by atoms with Crippen molar-refractivity contribution in [2.45, 2.75) is 45.1 Å². The maximum atomic E-state index is 12.5. The van der Waals surface area contributed by atoms with Gasteiger partial charge in [-0.05, 0) is 92.9 Å². The van der Waals surface area contributed by atoms with Crippen LogP contribution in [0.1, 0.15) is 47.2 Å². The zero-order chi connectivity index (χ0) is 21.2. The van der Waals surface area contributed by atoms with Crippen LogP contribution in [0.15, 0.2) is 49.1 Å². The number of hydrogen-bond donors (Lipinski definition) is 2. The van der Waals surface area contributed by atoms with Gasteiger partial charge in [-0.2, -0.15) is 5.10 Å². The van der Waals surface area contributed by atoms with E-state index < -0.39 is 0 Å². The second kappa shape index (κ2) is 8.63. The number of nitrogens with zero attached hydrogens (tertiary/aromatic N) is 3. The van der Waals surface area contributed by atoms with Crippen LogP contribution in [0, 0.1) is 12.8 Å². The van der Waals surface area contributed by atoms with E-state index in [9.17, 15) is 4.79 Å². The highest BCUT2D eigenvalue weighted by Gasteiger charge is 2.24. The molecule has 2 aromatic heterocycles. The Bertz CT molecular complexity index is 1080. The minimum Gasteiger partial charge on any atom is -0.349 e. The van der Waals surface area contributed by atoms with Crippen molar-refractivity contribution in [3.8, 4) is 16.8 Å². The molecule has 0 atom stereocenters. The molecule has 1 saturated heterocycles. The Hall–Kier alpha value is -2.99. The summed E-state index contributed by atoms with van der Waals surface area (Å²) < 4.78 is 1.88. The van der Waals surface area contributed by atoms with E-state index in [0.717, 1.165) is 60.6 Å². The standard InChI is InChI=1S/C25H29N5O/c1-17-2-3-20(25(31)29-22-4-5-22)12-24(17)21-14-28-30(16-21)23-11-19(13-27-15-23)10-18-6-8-26-9-7-18/h2-3,11-16,18,22,26H,4-10H2,1H3,(H,29,31). The molecule has 160 valence electrons. The van der Waals surface area contributed by atoms with Gasteiger partial charge < -0.3 is 10.6 Å². The van der Waals surface area contributed by atoms with Gasteiger partial charge >= 0.3 is 0 Å². The van der Waals surface area contributed by atoms with E-state index >= 15 is 0 Å². The number of nitrogens with one attached hydrogen (secondary N) is 2. The Morgan fingerprint density at radius 1 is 1.13 bits per heavy atom. The van der Waals surface area contributed by atoms with Gasteiger partial charge in [-0.1, -0.05) is 6.07 Å². The number of benzene rings is 1. The summed E-state index contributed by atoms with van der Waals surface area (Å²) in [5.74, 6) is 0.726. The highest BCUT2D eigenvalue weighted by atomic mass is 16.1. The maximum Gasteiger partial charge on any atom is 0.251 e. The Kier molecular flexibility index (Phi) is 5.55. The molecule has 0 spiro atoms. The first-order valence-electron chi connectivity index (χ1n) is 11.3. The summed E-state index contributed by atoms with van der Waals surface area (Å²) in [5.41, 5.74) is 6.09. The van der Waals surface area contributed by atoms with Crippen LogP contribution in [0.4, 0.5) is 0 Å². The fourth-order valence-electron chi connectivity index (χ4n) is 4.30. The number of hydrogen-bond acceptors (Lipinski definition) is 4. The lowest BCUT2D eigenvalue weighted by Crippen LogP contribution is -2.28. The van der Waals surface area contributed by atoms with Crippen LogP contribution in [0.2, 0.25) is 0 Å². The first-order valence-corrected chi connectivity index (χ1v) is 11.3. The van der Waals surface area contributed by atoms with Gasteiger partial charge in [0.1, 0.15) is 0 Å². The second-order valence-corrected chi connectivity index (χ2v) is 8.90. The van der Waals surface area contributed by atoms with Gasteiger partial charge in [0.05, 0.1) is 18.1 Å². The van der Waals surface area contributed by atoms with E-state index in [2.05, 4.69) is 33.7 Å². The molecule has 1 aromatic carbocycles. The van der Waals surface area contributed by atoms with E-state index in [1.807, 2.05) is 47.7 Å². The average Bonchev–Trinajstić information content (AvgIpc) is 3.46. The zero-order valence-electron chi connectivity index (χ0n) is 18.0. The monoisotopic (exact) mass is 415 g/mol. The van der Waals surface area contributed by atoms with Crippen molar-refractivity contribution in [3.63, 3.8) is 0 Å². The van der Waals surface area contributed by atoms with E-state index in [1.165, 1.54) is 18.4 Å². The number of amides is 1. The molecule has 0 bridgehead atoms. The summed E-state index contributed by atoms with van der Waals surface area (Å²) in [7, 11) is 0. The lowest BCUT2D eigenvalue weighted by Gasteiger charge is -2.22. The van der Waals surface area contributed by atoms with Crippen molar-refractivity contribution in [2.24, 2.45) is 5.92 Å². The molecule has 1 saturated carbocycles. The lowest BCUT2D eigenvalue weighted by molar-refractivity contribution is 0.0951. The topological polar surface area (TPSA) is 71.8 Å². The van der Waals surface area contributed by atoms with E-state index in [1.54, 1.807) is 0 Å². The molecule has 1 aliphatic heterocycles. The van der Waals surface area contributed by atoms with Crippen LogP contribution < -0.4 is 10.6 Å². The summed E-state index contributed by atoms with van der Waals surface area (Å²) in [6.07, 6.45) is 13.4. The summed E-state index contributed by atoms with van der Waals surface area (Å²) in [6.45, 7) is 4.28. The molecule has 1 aliphatic carbocycles. The average molecular weight is 416 g/mol. The Morgan fingerprint density at radius 3 is 2.77 bits per heavy atom. The van der Waals surface area contributed by atoms with Crippen LogP contribution >= 0.6 is 0 Å². The molecule has 0 radical (unpaired) electrons.